The van der Waals surface area contributed by atoms with Crippen molar-refractivity contribution in [1.29, 1.82) is 0 Å². The Morgan fingerprint density at radius 2 is 1.76 bits per heavy atom. The molecule has 11 nitrogen and oxygen atoms in total. The molecule has 194 valence electrons. The van der Waals surface area contributed by atoms with Crippen molar-refractivity contribution in [2.75, 3.05) is 25.1 Å². The normalized spacial score (nSPS) is 11.2. The Bertz CT molecular complexity index is 1440. The first-order valence-electron chi connectivity index (χ1n) is 10.6. The van der Waals surface area contributed by atoms with Crippen LogP contribution in [0.5, 0.6) is 11.5 Å². The van der Waals surface area contributed by atoms with Gasteiger partial charge in [0, 0.05) is 28.8 Å². The van der Waals surface area contributed by atoms with Crippen LogP contribution < -0.4 is 19.2 Å². The molecule has 0 saturated heterocycles. The lowest BCUT2D eigenvalue weighted by molar-refractivity contribution is -0.384. The minimum absolute atomic E-state index is 0.120. The van der Waals surface area contributed by atoms with E-state index in [2.05, 4.69) is 10.5 Å². The maximum Gasteiger partial charge on any atom is 0.270 e. The third-order valence-corrected chi connectivity index (χ3v) is 7.25. The molecule has 0 aliphatic heterocycles. The lowest BCUT2D eigenvalue weighted by Gasteiger charge is -2.24. The summed E-state index contributed by atoms with van der Waals surface area (Å²) >= 11 is 6.03. The van der Waals surface area contributed by atoms with Gasteiger partial charge in [0.2, 0.25) is 0 Å². The van der Waals surface area contributed by atoms with E-state index >= 15 is 0 Å². The van der Waals surface area contributed by atoms with E-state index in [-0.39, 0.29) is 32.6 Å². The van der Waals surface area contributed by atoms with E-state index in [0.29, 0.717) is 5.75 Å². The summed E-state index contributed by atoms with van der Waals surface area (Å²) in [5, 5.41) is 14.9. The van der Waals surface area contributed by atoms with Gasteiger partial charge >= 0.3 is 0 Å². The fourth-order valence-corrected chi connectivity index (χ4v) is 4.82. The van der Waals surface area contributed by atoms with Gasteiger partial charge < -0.3 is 9.47 Å². The molecule has 0 saturated carbocycles. The number of non-ortho nitro benzene ring substituents is 1. The standard InChI is InChI=1S/C24H23ClN4O7S/c1-16-4-6-18(7-5-16)28(37(33,34)20-9-11-22(35-2)23(13-20)36-3)15-24(30)27-26-14-17-12-19(29(31)32)8-10-21(17)25/h4-14H,15H2,1-3H3,(H,27,30)/b26-14-. The van der Waals surface area contributed by atoms with Crippen LogP contribution in [0.1, 0.15) is 11.1 Å². The van der Waals surface area contributed by atoms with E-state index in [0.717, 1.165) is 16.1 Å². The second-order valence-corrected chi connectivity index (χ2v) is 9.89. The number of rotatable bonds is 10. The minimum atomic E-state index is -4.23. The number of halogens is 1. The molecule has 0 radical (unpaired) electrons. The zero-order valence-corrected chi connectivity index (χ0v) is 21.6. The zero-order valence-electron chi connectivity index (χ0n) is 20.0. The molecule has 13 heteroatoms. The molecule has 0 fully saturated rings. The Hall–Kier alpha value is -4.16. The van der Waals surface area contributed by atoms with Crippen molar-refractivity contribution in [2.24, 2.45) is 5.10 Å². The molecule has 0 atom stereocenters. The smallest absolute Gasteiger partial charge is 0.270 e. The maximum atomic E-state index is 13.6. The van der Waals surface area contributed by atoms with Gasteiger partial charge in [-0.3, -0.25) is 19.2 Å². The second-order valence-electron chi connectivity index (χ2n) is 7.62. The number of carbonyl (C=O) groups excluding carboxylic acids is 1. The van der Waals surface area contributed by atoms with E-state index in [1.54, 1.807) is 24.3 Å². The van der Waals surface area contributed by atoms with E-state index in [9.17, 15) is 23.3 Å². The molecule has 3 aromatic carbocycles. The monoisotopic (exact) mass is 546 g/mol. The predicted molar refractivity (Wildman–Crippen MR) is 139 cm³/mol. The molecular formula is C24H23ClN4O7S. The number of ether oxygens (including phenoxy) is 2. The number of nitro groups is 1. The molecule has 37 heavy (non-hydrogen) atoms. The van der Waals surface area contributed by atoms with Crippen LogP contribution in [-0.4, -0.2) is 46.2 Å². The first-order chi connectivity index (χ1) is 17.6. The second kappa shape index (κ2) is 11.7. The molecule has 0 spiro atoms. The average molecular weight is 547 g/mol. The summed E-state index contributed by atoms with van der Waals surface area (Å²) in [6.45, 7) is 1.23. The third kappa shape index (κ3) is 6.54. The largest absolute Gasteiger partial charge is 0.493 e. The molecule has 3 aromatic rings. The van der Waals surface area contributed by atoms with Crippen molar-refractivity contribution in [3.8, 4) is 11.5 Å². The summed E-state index contributed by atoms with van der Waals surface area (Å²) in [6, 6.07) is 14.4. The van der Waals surface area contributed by atoms with Crippen LogP contribution in [0, 0.1) is 17.0 Å². The molecule has 1 amide bonds. The lowest BCUT2D eigenvalue weighted by atomic mass is 10.2. The van der Waals surface area contributed by atoms with Gasteiger partial charge in [0.05, 0.1) is 35.9 Å². The average Bonchev–Trinajstić information content (AvgIpc) is 2.88. The number of aryl methyl sites for hydroxylation is 1. The number of nitrogens with one attached hydrogen (secondary N) is 1. The van der Waals surface area contributed by atoms with Crippen LogP contribution in [-0.2, 0) is 14.8 Å². The van der Waals surface area contributed by atoms with Gasteiger partial charge in [0.15, 0.2) is 11.5 Å². The van der Waals surface area contributed by atoms with Crippen molar-refractivity contribution in [3.05, 3.63) is 86.9 Å². The molecular weight excluding hydrogens is 524 g/mol. The van der Waals surface area contributed by atoms with E-state index in [4.69, 9.17) is 21.1 Å². The number of hydrazone groups is 1. The number of methoxy groups -OCH3 is 2. The van der Waals surface area contributed by atoms with Gasteiger partial charge in [-0.15, -0.1) is 0 Å². The van der Waals surface area contributed by atoms with Crippen molar-refractivity contribution in [3.63, 3.8) is 0 Å². The van der Waals surface area contributed by atoms with Crippen LogP contribution in [0.4, 0.5) is 11.4 Å². The summed E-state index contributed by atoms with van der Waals surface area (Å²) in [5.74, 6) is -0.215. The number of amides is 1. The van der Waals surface area contributed by atoms with Gasteiger partial charge in [-0.1, -0.05) is 29.3 Å². The van der Waals surface area contributed by atoms with Crippen molar-refractivity contribution in [2.45, 2.75) is 11.8 Å². The summed E-state index contributed by atoms with van der Waals surface area (Å²) in [6.07, 6.45) is 1.13. The molecule has 0 aliphatic carbocycles. The van der Waals surface area contributed by atoms with Crippen LogP contribution in [0.25, 0.3) is 0 Å². The number of anilines is 1. The number of sulfonamides is 1. The highest BCUT2D eigenvalue weighted by atomic mass is 35.5. The molecule has 0 bridgehead atoms. The summed E-state index contributed by atoms with van der Waals surface area (Å²) < 4.78 is 38.5. The van der Waals surface area contributed by atoms with Gasteiger partial charge in [0.25, 0.3) is 21.6 Å². The molecule has 0 unspecified atom stereocenters. The maximum absolute atomic E-state index is 13.6. The third-order valence-electron chi connectivity index (χ3n) is 5.14. The fraction of sp³-hybridized carbons (Fsp3) is 0.167. The van der Waals surface area contributed by atoms with E-state index in [1.165, 1.54) is 50.6 Å². The van der Waals surface area contributed by atoms with Crippen molar-refractivity contribution < 1.29 is 27.6 Å². The number of carbonyl (C=O) groups is 1. The SMILES string of the molecule is COc1ccc(S(=O)(=O)N(CC(=O)N/N=C\c2cc([N+](=O)[O-])ccc2Cl)c2ccc(C)cc2)cc1OC. The number of hydrogen-bond donors (Lipinski definition) is 1. The number of hydrogen-bond acceptors (Lipinski definition) is 8. The zero-order chi connectivity index (χ0) is 27.2. The van der Waals surface area contributed by atoms with Gasteiger partial charge in [-0.05, 0) is 37.3 Å². The van der Waals surface area contributed by atoms with Crippen LogP contribution in [0.2, 0.25) is 5.02 Å². The van der Waals surface area contributed by atoms with Crippen LogP contribution in [0.15, 0.2) is 70.7 Å². The van der Waals surface area contributed by atoms with Crippen LogP contribution >= 0.6 is 11.6 Å². The Morgan fingerprint density at radius 1 is 1.08 bits per heavy atom. The molecule has 3 rings (SSSR count). The first-order valence-corrected chi connectivity index (χ1v) is 12.5. The van der Waals surface area contributed by atoms with Gasteiger partial charge in [-0.25, -0.2) is 13.8 Å². The van der Waals surface area contributed by atoms with E-state index in [1.807, 2.05) is 6.92 Å². The highest BCUT2D eigenvalue weighted by Crippen LogP contribution is 2.32. The molecule has 0 aliphatic rings. The summed E-state index contributed by atoms with van der Waals surface area (Å²) in [7, 11) is -1.42. The summed E-state index contributed by atoms with van der Waals surface area (Å²) in [4.78, 5) is 23.0. The van der Waals surface area contributed by atoms with Gasteiger partial charge in [-0.2, -0.15) is 5.10 Å². The molecule has 1 N–H and O–H groups in total. The van der Waals surface area contributed by atoms with Crippen molar-refractivity contribution >= 4 is 45.1 Å². The number of benzene rings is 3. The minimum Gasteiger partial charge on any atom is -0.493 e. The Labute approximate surface area is 218 Å². The lowest BCUT2D eigenvalue weighted by Crippen LogP contribution is -2.39. The topological polar surface area (TPSA) is 140 Å². The Morgan fingerprint density at radius 3 is 2.38 bits per heavy atom. The first kappa shape index (κ1) is 27.4. The number of nitro benzene ring substituents is 1. The van der Waals surface area contributed by atoms with Crippen LogP contribution in [0.3, 0.4) is 0 Å². The molecule has 0 heterocycles. The van der Waals surface area contributed by atoms with E-state index < -0.39 is 27.4 Å². The Balaban J connectivity index is 1.89. The predicted octanol–water partition coefficient (Wildman–Crippen LogP) is 3.92. The quantitative estimate of drug-likeness (QED) is 0.231. The number of nitrogens with zero attached hydrogens (tertiary/aromatic N) is 3. The summed E-state index contributed by atoms with van der Waals surface area (Å²) in [5.41, 5.74) is 3.38. The highest BCUT2D eigenvalue weighted by Gasteiger charge is 2.28. The van der Waals surface area contributed by atoms with Gasteiger partial charge in [0.1, 0.15) is 6.54 Å². The highest BCUT2D eigenvalue weighted by molar-refractivity contribution is 7.92. The molecule has 0 aromatic heterocycles. The fourth-order valence-electron chi connectivity index (χ4n) is 3.21. The van der Waals surface area contributed by atoms with Crippen molar-refractivity contribution in [1.82, 2.24) is 5.43 Å². The Kier molecular flexibility index (Phi) is 8.69.